The number of hydrogen-bond acceptors (Lipinski definition) is 17. The minimum Gasteiger partial charge on any atom is -0.497 e. The van der Waals surface area contributed by atoms with Crippen LogP contribution in [0, 0.1) is 53.6 Å². The molecule has 2 N–H and O–H groups in total. The van der Waals surface area contributed by atoms with Gasteiger partial charge in [-0.25, -0.2) is 40.7 Å². The average molecular weight is 1970 g/mol. The number of benzene rings is 8. The lowest BCUT2D eigenvalue weighted by atomic mass is 10.1. The van der Waals surface area contributed by atoms with Gasteiger partial charge in [-0.05, 0) is 214 Å². The van der Waals surface area contributed by atoms with Crippen molar-refractivity contribution in [2.75, 3.05) is 26.6 Å². The zero-order valence-electron chi connectivity index (χ0n) is 62.2. The topological polar surface area (TPSA) is 285 Å². The molecule has 0 aliphatic rings. The predicted molar refractivity (Wildman–Crippen MR) is 444 cm³/mol. The van der Waals surface area contributed by atoms with Gasteiger partial charge in [-0.15, -0.1) is 0 Å². The maximum atomic E-state index is 15.3. The fourth-order valence-corrected chi connectivity index (χ4v) is 13.6. The van der Waals surface area contributed by atoms with E-state index in [1.165, 1.54) is 138 Å². The number of hydrogen-bond donors (Lipinski definition) is 2. The van der Waals surface area contributed by atoms with Crippen molar-refractivity contribution in [3.8, 4) is 57.4 Å². The van der Waals surface area contributed by atoms with E-state index < -0.39 is 119 Å². The predicted octanol–water partition coefficient (Wildman–Crippen LogP) is 13.8. The van der Waals surface area contributed by atoms with Crippen molar-refractivity contribution in [1.82, 2.24) is 37.3 Å². The van der Waals surface area contributed by atoms with Crippen molar-refractivity contribution in [2.24, 2.45) is 21.1 Å². The highest BCUT2D eigenvalue weighted by molar-refractivity contribution is 14.1. The van der Waals surface area contributed by atoms with Crippen molar-refractivity contribution in [2.45, 2.75) is 39.0 Å². The molecule has 0 aliphatic carbocycles. The Balaban J connectivity index is 0.000000172. The van der Waals surface area contributed by atoms with E-state index in [9.17, 15) is 73.1 Å². The number of fused-ring (bicyclic) bond motifs is 2. The number of nitrogens with zero attached hydrogens (tertiary/aromatic N) is 7. The fourth-order valence-electron chi connectivity index (χ4n) is 11.8. The fraction of sp³-hybridized carbons (Fsp3) is 0.150. The van der Waals surface area contributed by atoms with Gasteiger partial charge in [-0.2, -0.15) is 21.6 Å². The molecular weight excluding hydrogens is 1910 g/mol. The molecule has 13 rings (SSSR count). The van der Waals surface area contributed by atoms with Gasteiger partial charge >= 0.3 is 27.0 Å². The van der Waals surface area contributed by atoms with E-state index in [0.29, 0.717) is 58.9 Å². The molecule has 5 heterocycles. The maximum Gasteiger partial charge on any atom is 0.534 e. The third-order valence-corrected chi connectivity index (χ3v) is 21.0. The summed E-state index contributed by atoms with van der Waals surface area (Å²) in [5.74, 6) is -3.56. The largest absolute Gasteiger partial charge is 0.534 e. The number of ether oxygens (including phenoxy) is 5. The summed E-state index contributed by atoms with van der Waals surface area (Å²) in [4.78, 5) is 107. The van der Waals surface area contributed by atoms with Gasteiger partial charge < -0.3 is 38.5 Å². The number of carbonyl (C=O) groups is 1. The van der Waals surface area contributed by atoms with Crippen molar-refractivity contribution < 1.29 is 76.2 Å². The molecule has 117 heavy (non-hydrogen) atoms. The Morgan fingerprint density at radius 3 is 1.26 bits per heavy atom. The van der Waals surface area contributed by atoms with Gasteiger partial charge in [0.15, 0.2) is 5.75 Å². The number of nitrogens with one attached hydrogen (secondary N) is 2. The lowest BCUT2D eigenvalue weighted by molar-refractivity contribution is -0.0499. The van der Waals surface area contributed by atoms with Crippen LogP contribution in [0.1, 0.15) is 38.2 Å². The molecule has 8 aromatic carbocycles. The van der Waals surface area contributed by atoms with Crippen LogP contribution in [0.25, 0.3) is 33.4 Å². The number of amides is 1. The number of anilines is 2. The van der Waals surface area contributed by atoms with Gasteiger partial charge in [0.25, 0.3) is 33.7 Å². The van der Waals surface area contributed by atoms with E-state index in [-0.39, 0.29) is 81.0 Å². The Bertz CT molecular complexity index is 6680. The number of alkyl halides is 3. The highest BCUT2D eigenvalue weighted by Crippen LogP contribution is 2.37. The molecule has 606 valence electrons. The molecule has 0 fully saturated rings. The molecule has 0 saturated carbocycles. The highest BCUT2D eigenvalue weighted by Gasteiger charge is 2.49. The van der Waals surface area contributed by atoms with Crippen LogP contribution in [0.3, 0.4) is 0 Å². The Morgan fingerprint density at radius 1 is 0.453 bits per heavy atom. The second kappa shape index (κ2) is 35.7. The number of methoxy groups -OCH3 is 3. The van der Waals surface area contributed by atoms with Crippen LogP contribution in [0.2, 0.25) is 0 Å². The zero-order chi connectivity index (χ0) is 85.0. The third kappa shape index (κ3) is 18.5. The summed E-state index contributed by atoms with van der Waals surface area (Å²) >= 11 is 5.72. The van der Waals surface area contributed by atoms with Crippen molar-refractivity contribution in [3.05, 3.63) is 328 Å². The quantitative estimate of drug-likeness (QED) is 0.0310. The van der Waals surface area contributed by atoms with Gasteiger partial charge in [0, 0.05) is 67.7 Å². The summed E-state index contributed by atoms with van der Waals surface area (Å²) in [6.07, 6.45) is 0. The molecule has 0 radical (unpaired) electrons. The van der Waals surface area contributed by atoms with E-state index in [4.69, 9.17) is 23.7 Å². The normalized spacial score (nSPS) is 11.3. The molecule has 0 spiro atoms. The molecule has 37 heteroatoms. The monoisotopic (exact) mass is 1970 g/mol. The van der Waals surface area contributed by atoms with E-state index >= 15 is 8.78 Å². The summed E-state index contributed by atoms with van der Waals surface area (Å²) in [5.41, 5.74) is -11.6. The smallest absolute Gasteiger partial charge is 0.497 e. The van der Waals surface area contributed by atoms with E-state index in [1.54, 1.807) is 90.4 Å². The minimum absolute atomic E-state index is 0.00824. The Labute approximate surface area is 697 Å². The molecule has 0 atom stereocenters. The summed E-state index contributed by atoms with van der Waals surface area (Å²) in [7, 11) is 2.04. The number of aromatic nitrogens is 7. The highest BCUT2D eigenvalue weighted by atomic mass is 127. The van der Waals surface area contributed by atoms with Crippen molar-refractivity contribution in [1.29, 1.82) is 0 Å². The van der Waals surface area contributed by atoms with Crippen molar-refractivity contribution in [3.63, 3.8) is 0 Å². The van der Waals surface area contributed by atoms with Crippen LogP contribution in [0.5, 0.6) is 46.0 Å². The third-order valence-electron chi connectivity index (χ3n) is 18.0. The number of aryl methyl sites for hydroxylation is 2. The van der Waals surface area contributed by atoms with Crippen LogP contribution < -0.4 is 77.7 Å². The standard InChI is InChI=1S/C29H22F2IN3O5.C28H24F2IN3O4.C23H16F4IN3O7S/c1-16-20(30)5-4-6-23(16)40-24-14-25(36)33(2)27-26(24)28(37)34(15-17-7-10-19(39-3)11-8-17)29(38)35(27)22-12-9-18(32)13-21(22)31;1-16-20(29)5-4-6-23(16)38-24-14-25(35)34(2)27(33-22-12-9-18(31)13-21(22)30)26(24)28(36)32-15-17-7-10-19(37-3)11-8-17;1-29-18(32)10-17(38-39(35,36)23(25,26)27)19-20(29)31(16-8-5-13(28)9-15(16)24)22(34)30(21(19)33)11-12-3-6-14(37-2)7-4-12/h4-14H,15H2,1-3H3;4-14,33H,15H2,1-3H3,(H,32,36);3-10H,11H2,1-2H3. The summed E-state index contributed by atoms with van der Waals surface area (Å²) < 4.78 is 176. The minimum atomic E-state index is -6.34. The van der Waals surface area contributed by atoms with Gasteiger partial charge in [-0.3, -0.25) is 51.6 Å². The molecule has 13 aromatic rings. The first kappa shape index (κ1) is 86.0. The van der Waals surface area contributed by atoms with Crippen LogP contribution in [0.4, 0.5) is 46.6 Å². The van der Waals surface area contributed by atoms with Crippen LogP contribution in [-0.2, 0) is 50.9 Å². The van der Waals surface area contributed by atoms with Crippen LogP contribution in [0.15, 0.2) is 216 Å². The summed E-state index contributed by atoms with van der Waals surface area (Å²) in [6.45, 7) is 2.55. The second-order valence-electron chi connectivity index (χ2n) is 25.4. The number of halogens is 11. The molecule has 0 unspecified atom stereocenters. The summed E-state index contributed by atoms with van der Waals surface area (Å²) in [6, 6.07) is 43.3. The SMILES string of the molecule is COc1ccc(CNC(=O)c2c(Oc3cccc(F)c3C)cc(=O)n(C)c2Nc2ccc(I)cc2F)cc1.COc1ccc(Cn2c(=O)c3c(OS(=O)(=O)C(F)(F)F)cc(=O)n(C)c3n(-c3ccc(I)cc3F)c2=O)cc1.COc1ccc(Cn2c(=O)c3c(Oc4cccc(F)c4C)cc(=O)n(C)c3n(-c3ccc(I)cc3F)c2=O)cc1. The second-order valence-corrected chi connectivity index (χ2v) is 30.7. The van der Waals surface area contributed by atoms with Crippen LogP contribution >= 0.6 is 67.8 Å². The first-order valence-corrected chi connectivity index (χ1v) is 38.8. The molecule has 1 amide bonds. The molecule has 0 aliphatic heterocycles. The maximum absolute atomic E-state index is 15.3. The number of carbonyl (C=O) groups excluding carboxylic acids is 1. The van der Waals surface area contributed by atoms with Crippen LogP contribution in [-0.4, -0.2) is 73.1 Å². The Hall–Kier alpha value is -11.9. The van der Waals surface area contributed by atoms with Gasteiger partial charge in [0.2, 0.25) is 0 Å². The lowest BCUT2D eigenvalue weighted by Crippen LogP contribution is -2.42. The first-order chi connectivity index (χ1) is 55.4. The average Bonchev–Trinajstić information content (AvgIpc) is 0.729. The van der Waals surface area contributed by atoms with Crippen molar-refractivity contribution >= 4 is 117 Å². The Morgan fingerprint density at radius 2 is 0.838 bits per heavy atom. The molecule has 5 aromatic heterocycles. The molecule has 0 saturated heterocycles. The number of rotatable bonds is 20. The zero-order valence-corrected chi connectivity index (χ0v) is 69.5. The van der Waals surface area contributed by atoms with E-state index in [2.05, 4.69) is 14.8 Å². The van der Waals surface area contributed by atoms with E-state index in [1.807, 2.05) is 45.2 Å². The first-order valence-electron chi connectivity index (χ1n) is 34.1. The Kier molecular flexibility index (Phi) is 26.2. The van der Waals surface area contributed by atoms with Gasteiger partial charge in [0.1, 0.15) is 103 Å². The van der Waals surface area contributed by atoms with E-state index in [0.717, 1.165) is 50.6 Å². The lowest BCUT2D eigenvalue weighted by Gasteiger charge is -2.20. The van der Waals surface area contributed by atoms with Gasteiger partial charge in [0.05, 0.1) is 51.5 Å². The summed E-state index contributed by atoms with van der Waals surface area (Å²) in [5, 5.41) is 4.66. The van der Waals surface area contributed by atoms with Gasteiger partial charge in [-0.1, -0.05) is 48.5 Å². The number of pyridine rings is 3. The molecule has 0 bridgehead atoms. The molecular formula is C80H62F8I3N9O16S. The molecule has 25 nitrogen and oxygen atoms in total.